The van der Waals surface area contributed by atoms with Crippen LogP contribution in [0.15, 0.2) is 66.7 Å². The number of ether oxygens (including phenoxy) is 1. The summed E-state index contributed by atoms with van der Waals surface area (Å²) < 4.78 is 44.4. The highest BCUT2D eigenvalue weighted by Crippen LogP contribution is 2.44. The van der Waals surface area contributed by atoms with Crippen LogP contribution in [-0.4, -0.2) is 19.2 Å². The van der Waals surface area contributed by atoms with Crippen molar-refractivity contribution < 1.29 is 22.7 Å². The SMILES string of the molecule is Cc1ccc(C#CCCNC(=O)OCC2c3ccccc3-c3ccccc32)cc1C(F)(F)F. The first-order chi connectivity index (χ1) is 15.8. The molecule has 0 bridgehead atoms. The summed E-state index contributed by atoms with van der Waals surface area (Å²) in [6, 6.07) is 20.2. The van der Waals surface area contributed by atoms with Crippen LogP contribution in [-0.2, 0) is 10.9 Å². The summed E-state index contributed by atoms with van der Waals surface area (Å²) >= 11 is 0. The van der Waals surface area contributed by atoms with Crippen molar-refractivity contribution >= 4 is 6.09 Å². The molecule has 1 N–H and O–H groups in total. The lowest BCUT2D eigenvalue weighted by molar-refractivity contribution is -0.138. The van der Waals surface area contributed by atoms with E-state index in [1.807, 2.05) is 36.4 Å². The molecule has 0 aliphatic heterocycles. The van der Waals surface area contributed by atoms with Crippen molar-refractivity contribution in [3.63, 3.8) is 0 Å². The predicted molar refractivity (Wildman–Crippen MR) is 121 cm³/mol. The average Bonchev–Trinajstić information content (AvgIpc) is 3.11. The molecular formula is C27H22F3NO2. The molecule has 0 radical (unpaired) electrons. The second-order valence-electron chi connectivity index (χ2n) is 7.83. The Morgan fingerprint density at radius 3 is 2.27 bits per heavy atom. The quantitative estimate of drug-likeness (QED) is 0.375. The van der Waals surface area contributed by atoms with Gasteiger partial charge < -0.3 is 10.1 Å². The van der Waals surface area contributed by atoms with Gasteiger partial charge in [0.25, 0.3) is 0 Å². The fourth-order valence-corrected chi connectivity index (χ4v) is 4.05. The van der Waals surface area contributed by atoms with Gasteiger partial charge in [0.15, 0.2) is 0 Å². The van der Waals surface area contributed by atoms with Crippen LogP contribution < -0.4 is 5.32 Å². The molecular weight excluding hydrogens is 427 g/mol. The van der Waals surface area contributed by atoms with Gasteiger partial charge in [0.05, 0.1) is 5.56 Å². The number of hydrogen-bond acceptors (Lipinski definition) is 2. The summed E-state index contributed by atoms with van der Waals surface area (Å²) in [4.78, 5) is 12.1. The van der Waals surface area contributed by atoms with E-state index < -0.39 is 17.8 Å². The molecule has 168 valence electrons. The van der Waals surface area contributed by atoms with Crippen LogP contribution in [0.1, 0.15) is 40.2 Å². The van der Waals surface area contributed by atoms with Crippen molar-refractivity contribution in [2.75, 3.05) is 13.2 Å². The van der Waals surface area contributed by atoms with Gasteiger partial charge in [-0.3, -0.25) is 0 Å². The summed E-state index contributed by atoms with van der Waals surface area (Å²) in [7, 11) is 0. The number of rotatable bonds is 4. The Morgan fingerprint density at radius 1 is 1.00 bits per heavy atom. The van der Waals surface area contributed by atoms with E-state index in [2.05, 4.69) is 29.3 Å². The summed E-state index contributed by atoms with van der Waals surface area (Å²) in [5.41, 5.74) is 4.33. The highest BCUT2D eigenvalue weighted by Gasteiger charge is 2.32. The number of hydrogen-bond donors (Lipinski definition) is 1. The third-order valence-electron chi connectivity index (χ3n) is 5.64. The Labute approximate surface area is 190 Å². The van der Waals surface area contributed by atoms with Gasteiger partial charge >= 0.3 is 12.3 Å². The molecule has 1 amide bonds. The molecule has 1 aliphatic carbocycles. The van der Waals surface area contributed by atoms with Crippen LogP contribution >= 0.6 is 0 Å². The molecule has 0 fully saturated rings. The minimum Gasteiger partial charge on any atom is -0.449 e. The number of nitrogens with one attached hydrogen (secondary N) is 1. The van der Waals surface area contributed by atoms with E-state index in [0.717, 1.165) is 28.3 Å². The number of halogens is 3. The maximum absolute atomic E-state index is 13.0. The van der Waals surface area contributed by atoms with Gasteiger partial charge in [0.2, 0.25) is 0 Å². The average molecular weight is 449 g/mol. The van der Waals surface area contributed by atoms with Crippen molar-refractivity contribution in [1.29, 1.82) is 0 Å². The molecule has 3 aromatic rings. The first-order valence-corrected chi connectivity index (χ1v) is 10.6. The summed E-state index contributed by atoms with van der Waals surface area (Å²) in [5.74, 6) is 5.48. The number of alkyl halides is 3. The van der Waals surface area contributed by atoms with E-state index in [9.17, 15) is 18.0 Å². The fraction of sp³-hybridized carbons (Fsp3) is 0.222. The normalized spacial score (nSPS) is 12.4. The largest absolute Gasteiger partial charge is 0.449 e. The number of carbonyl (C=O) groups excluding carboxylic acids is 1. The Bertz CT molecular complexity index is 1190. The smallest absolute Gasteiger partial charge is 0.416 e. The molecule has 0 saturated heterocycles. The zero-order valence-corrected chi connectivity index (χ0v) is 18.0. The zero-order chi connectivity index (χ0) is 23.4. The first kappa shape index (κ1) is 22.5. The van der Waals surface area contributed by atoms with E-state index in [0.29, 0.717) is 6.42 Å². The van der Waals surface area contributed by atoms with Crippen LogP contribution in [0.3, 0.4) is 0 Å². The van der Waals surface area contributed by atoms with Crippen LogP contribution in [0.25, 0.3) is 11.1 Å². The number of aryl methyl sites for hydroxylation is 1. The van der Waals surface area contributed by atoms with E-state index >= 15 is 0 Å². The monoisotopic (exact) mass is 449 g/mol. The number of alkyl carbamates (subject to hydrolysis) is 1. The lowest BCUT2D eigenvalue weighted by Gasteiger charge is -2.14. The fourth-order valence-electron chi connectivity index (χ4n) is 4.05. The minimum absolute atomic E-state index is 0.0210. The van der Waals surface area contributed by atoms with Gasteiger partial charge in [0.1, 0.15) is 6.61 Å². The Morgan fingerprint density at radius 2 is 1.64 bits per heavy atom. The number of benzene rings is 3. The van der Waals surface area contributed by atoms with Gasteiger partial charge in [0, 0.05) is 24.4 Å². The van der Waals surface area contributed by atoms with Gasteiger partial charge in [-0.05, 0) is 46.9 Å². The molecule has 0 spiro atoms. The van der Waals surface area contributed by atoms with Crippen LogP contribution in [0.4, 0.5) is 18.0 Å². The molecule has 3 nitrogen and oxygen atoms in total. The van der Waals surface area contributed by atoms with Crippen LogP contribution in [0.2, 0.25) is 0 Å². The Hall–Kier alpha value is -3.72. The van der Waals surface area contributed by atoms with Gasteiger partial charge in [-0.2, -0.15) is 13.2 Å². The molecule has 0 heterocycles. The molecule has 33 heavy (non-hydrogen) atoms. The topological polar surface area (TPSA) is 38.3 Å². The lowest BCUT2D eigenvalue weighted by Crippen LogP contribution is -2.26. The first-order valence-electron chi connectivity index (χ1n) is 10.6. The van der Waals surface area contributed by atoms with Gasteiger partial charge in [-0.1, -0.05) is 66.4 Å². The minimum atomic E-state index is -4.41. The number of amides is 1. The molecule has 1 aliphatic rings. The maximum Gasteiger partial charge on any atom is 0.416 e. The van der Waals surface area contributed by atoms with Crippen molar-refractivity contribution in [2.24, 2.45) is 0 Å². The van der Waals surface area contributed by atoms with Gasteiger partial charge in [-0.25, -0.2) is 4.79 Å². The molecule has 4 rings (SSSR count). The summed E-state index contributed by atoms with van der Waals surface area (Å²) in [6.45, 7) is 1.87. The van der Waals surface area contributed by atoms with Gasteiger partial charge in [-0.15, -0.1) is 0 Å². The number of fused-ring (bicyclic) bond motifs is 3. The van der Waals surface area contributed by atoms with Crippen molar-refractivity contribution in [2.45, 2.75) is 25.4 Å². The van der Waals surface area contributed by atoms with Crippen LogP contribution in [0.5, 0.6) is 0 Å². The lowest BCUT2D eigenvalue weighted by atomic mass is 9.98. The summed E-state index contributed by atoms with van der Waals surface area (Å²) in [5, 5.41) is 2.64. The second-order valence-corrected chi connectivity index (χ2v) is 7.83. The highest BCUT2D eigenvalue weighted by atomic mass is 19.4. The molecule has 0 aromatic heterocycles. The molecule has 0 saturated carbocycles. The Balaban J connectivity index is 1.29. The third-order valence-corrected chi connectivity index (χ3v) is 5.64. The maximum atomic E-state index is 13.0. The summed E-state index contributed by atoms with van der Waals surface area (Å²) in [6.07, 6.45) is -4.67. The van der Waals surface area contributed by atoms with Crippen molar-refractivity contribution in [3.8, 4) is 23.0 Å². The zero-order valence-electron chi connectivity index (χ0n) is 18.0. The third kappa shape index (κ3) is 5.04. The second kappa shape index (κ2) is 9.41. The molecule has 0 atom stereocenters. The van der Waals surface area contributed by atoms with Crippen molar-refractivity contribution in [3.05, 3.63) is 94.5 Å². The van der Waals surface area contributed by atoms with E-state index in [-0.39, 0.29) is 30.2 Å². The molecule has 3 aromatic carbocycles. The van der Waals surface area contributed by atoms with Crippen LogP contribution in [0, 0.1) is 18.8 Å². The highest BCUT2D eigenvalue weighted by molar-refractivity contribution is 5.79. The van der Waals surface area contributed by atoms with Crippen molar-refractivity contribution in [1.82, 2.24) is 5.32 Å². The standard InChI is InChI=1S/C27H22F3NO2/c1-18-13-14-19(16-25(18)27(28,29)30)8-6-7-15-31-26(32)33-17-24-22-11-4-2-9-20(22)21-10-3-5-12-23(21)24/h2-5,9-14,16,24H,7,15,17H2,1H3,(H,31,32). The Kier molecular flexibility index (Phi) is 6.41. The molecule has 6 heteroatoms. The molecule has 0 unspecified atom stereocenters. The van der Waals surface area contributed by atoms with E-state index in [1.54, 1.807) is 6.07 Å². The van der Waals surface area contributed by atoms with E-state index in [4.69, 9.17) is 4.74 Å². The van der Waals surface area contributed by atoms with E-state index in [1.165, 1.54) is 13.0 Å². The number of carbonyl (C=O) groups is 1. The predicted octanol–water partition coefficient (Wildman–Crippen LogP) is 6.29.